The van der Waals surface area contributed by atoms with Crippen molar-refractivity contribution < 1.29 is 5.11 Å². The summed E-state index contributed by atoms with van der Waals surface area (Å²) in [6, 6.07) is 1.48. The fourth-order valence-corrected chi connectivity index (χ4v) is 3.78. The molecule has 0 aromatic heterocycles. The van der Waals surface area contributed by atoms with Crippen LogP contribution in [-0.4, -0.2) is 47.8 Å². The van der Waals surface area contributed by atoms with Gasteiger partial charge in [0.1, 0.15) is 0 Å². The Balaban J connectivity index is 1.61. The highest BCUT2D eigenvalue weighted by molar-refractivity contribution is 4.92. The van der Waals surface area contributed by atoms with Gasteiger partial charge in [0.2, 0.25) is 0 Å². The fraction of sp³-hybridized carbons (Fsp3) is 1.00. The van der Waals surface area contributed by atoms with Crippen molar-refractivity contribution >= 4 is 0 Å². The first-order valence-electron chi connectivity index (χ1n) is 9.11. The Morgan fingerprint density at radius 3 is 2.57 bits per heavy atom. The summed E-state index contributed by atoms with van der Waals surface area (Å²) < 4.78 is 0. The van der Waals surface area contributed by atoms with E-state index < -0.39 is 0 Å². The van der Waals surface area contributed by atoms with Crippen molar-refractivity contribution in [2.75, 3.05) is 20.2 Å². The maximum atomic E-state index is 9.63. The SMILES string of the molecule is CC1CCCC(N(C)CCCCC(C)(CO)NC2CC2)C1. The molecule has 21 heavy (non-hydrogen) atoms. The van der Waals surface area contributed by atoms with E-state index in [0.717, 1.165) is 18.4 Å². The Morgan fingerprint density at radius 1 is 1.19 bits per heavy atom. The minimum Gasteiger partial charge on any atom is -0.394 e. The molecule has 2 rings (SSSR count). The quantitative estimate of drug-likeness (QED) is 0.642. The number of aliphatic hydroxyl groups excluding tert-OH is 1. The molecule has 2 saturated carbocycles. The van der Waals surface area contributed by atoms with Gasteiger partial charge in [-0.3, -0.25) is 0 Å². The lowest BCUT2D eigenvalue weighted by atomic mass is 9.86. The lowest BCUT2D eigenvalue weighted by Crippen LogP contribution is -2.47. The minimum atomic E-state index is -0.0565. The van der Waals surface area contributed by atoms with Crippen LogP contribution in [0.5, 0.6) is 0 Å². The second-order valence-corrected chi connectivity index (χ2v) is 8.00. The highest BCUT2D eigenvalue weighted by Gasteiger charge is 2.31. The fourth-order valence-electron chi connectivity index (χ4n) is 3.78. The Hall–Kier alpha value is -0.120. The van der Waals surface area contributed by atoms with Crippen molar-refractivity contribution in [3.8, 4) is 0 Å². The highest BCUT2D eigenvalue weighted by atomic mass is 16.3. The van der Waals surface area contributed by atoms with Crippen LogP contribution < -0.4 is 5.32 Å². The number of aliphatic hydroxyl groups is 1. The smallest absolute Gasteiger partial charge is 0.0610 e. The normalized spacial score (nSPS) is 29.6. The molecule has 0 bridgehead atoms. The molecule has 2 N–H and O–H groups in total. The summed E-state index contributed by atoms with van der Waals surface area (Å²) in [7, 11) is 2.30. The van der Waals surface area contributed by atoms with E-state index in [4.69, 9.17) is 0 Å². The van der Waals surface area contributed by atoms with Crippen LogP contribution in [0.4, 0.5) is 0 Å². The summed E-state index contributed by atoms with van der Waals surface area (Å²) in [6.45, 7) is 6.05. The number of hydrogen-bond acceptors (Lipinski definition) is 3. The Bertz CT molecular complexity index is 306. The first kappa shape index (κ1) is 17.2. The van der Waals surface area contributed by atoms with E-state index in [0.29, 0.717) is 6.04 Å². The lowest BCUT2D eigenvalue weighted by molar-refractivity contribution is 0.147. The molecular formula is C18H36N2O. The summed E-state index contributed by atoms with van der Waals surface area (Å²) in [5, 5.41) is 13.2. The topological polar surface area (TPSA) is 35.5 Å². The van der Waals surface area contributed by atoms with E-state index in [1.54, 1.807) is 0 Å². The third-order valence-electron chi connectivity index (χ3n) is 5.50. The molecule has 3 nitrogen and oxygen atoms in total. The van der Waals surface area contributed by atoms with Crippen molar-refractivity contribution in [2.45, 2.75) is 89.3 Å². The van der Waals surface area contributed by atoms with Crippen molar-refractivity contribution in [1.29, 1.82) is 0 Å². The molecule has 0 aromatic rings. The van der Waals surface area contributed by atoms with E-state index >= 15 is 0 Å². The molecule has 0 spiro atoms. The van der Waals surface area contributed by atoms with Crippen molar-refractivity contribution in [3.63, 3.8) is 0 Å². The Morgan fingerprint density at radius 2 is 1.95 bits per heavy atom. The van der Waals surface area contributed by atoms with E-state index in [1.807, 2.05) is 0 Å². The van der Waals surface area contributed by atoms with Crippen LogP contribution in [-0.2, 0) is 0 Å². The number of nitrogens with zero attached hydrogens (tertiary/aromatic N) is 1. The van der Waals surface area contributed by atoms with Gasteiger partial charge < -0.3 is 15.3 Å². The third kappa shape index (κ3) is 5.88. The molecule has 0 saturated heterocycles. The zero-order valence-electron chi connectivity index (χ0n) is 14.4. The summed E-state index contributed by atoms with van der Waals surface area (Å²) >= 11 is 0. The average Bonchev–Trinajstić information content (AvgIpc) is 3.27. The number of rotatable bonds is 9. The van der Waals surface area contributed by atoms with Gasteiger partial charge >= 0.3 is 0 Å². The van der Waals surface area contributed by atoms with Crippen LogP contribution in [0.25, 0.3) is 0 Å². The van der Waals surface area contributed by atoms with Crippen LogP contribution in [0.2, 0.25) is 0 Å². The number of nitrogens with one attached hydrogen (secondary N) is 1. The van der Waals surface area contributed by atoms with E-state index in [1.165, 1.54) is 57.9 Å². The summed E-state index contributed by atoms with van der Waals surface area (Å²) in [4.78, 5) is 2.58. The predicted octanol–water partition coefficient (Wildman–Crippen LogP) is 3.17. The predicted molar refractivity (Wildman–Crippen MR) is 89.5 cm³/mol. The van der Waals surface area contributed by atoms with Gasteiger partial charge in [0.05, 0.1) is 6.61 Å². The van der Waals surface area contributed by atoms with Crippen LogP contribution in [0.1, 0.15) is 71.6 Å². The molecule has 2 aliphatic rings. The second kappa shape index (κ2) is 7.94. The third-order valence-corrected chi connectivity index (χ3v) is 5.50. The van der Waals surface area contributed by atoms with Gasteiger partial charge in [0.15, 0.2) is 0 Å². The Labute approximate surface area is 131 Å². The van der Waals surface area contributed by atoms with Crippen molar-refractivity contribution in [1.82, 2.24) is 10.2 Å². The van der Waals surface area contributed by atoms with Crippen molar-refractivity contribution in [3.05, 3.63) is 0 Å². The first-order chi connectivity index (χ1) is 10.0. The van der Waals surface area contributed by atoms with Gasteiger partial charge in [-0.2, -0.15) is 0 Å². The minimum absolute atomic E-state index is 0.0565. The van der Waals surface area contributed by atoms with Gasteiger partial charge in [-0.25, -0.2) is 0 Å². The zero-order valence-corrected chi connectivity index (χ0v) is 14.4. The molecule has 2 aliphatic carbocycles. The molecule has 0 radical (unpaired) electrons. The standard InChI is InChI=1S/C18H36N2O/c1-15-7-6-8-17(13-15)20(3)12-5-4-11-18(2,14-21)19-16-9-10-16/h15-17,19,21H,4-14H2,1-3H3. The molecule has 124 valence electrons. The van der Waals surface area contributed by atoms with Gasteiger partial charge in [-0.1, -0.05) is 26.2 Å². The van der Waals surface area contributed by atoms with Gasteiger partial charge in [-0.05, 0) is 65.0 Å². The molecular weight excluding hydrogens is 260 g/mol. The summed E-state index contributed by atoms with van der Waals surface area (Å²) in [5.41, 5.74) is -0.0565. The monoisotopic (exact) mass is 296 g/mol. The maximum Gasteiger partial charge on any atom is 0.0610 e. The van der Waals surface area contributed by atoms with Crippen LogP contribution >= 0.6 is 0 Å². The van der Waals surface area contributed by atoms with E-state index in [-0.39, 0.29) is 12.1 Å². The maximum absolute atomic E-state index is 9.63. The van der Waals surface area contributed by atoms with Crippen molar-refractivity contribution in [2.24, 2.45) is 5.92 Å². The van der Waals surface area contributed by atoms with E-state index in [9.17, 15) is 5.11 Å². The van der Waals surface area contributed by atoms with Gasteiger partial charge in [0.25, 0.3) is 0 Å². The molecule has 0 heterocycles. The molecule has 3 atom stereocenters. The summed E-state index contributed by atoms with van der Waals surface area (Å²) in [6.07, 6.45) is 11.7. The van der Waals surface area contributed by atoms with Gasteiger partial charge in [-0.15, -0.1) is 0 Å². The molecule has 2 fully saturated rings. The van der Waals surface area contributed by atoms with Crippen LogP contribution in [0.3, 0.4) is 0 Å². The average molecular weight is 296 g/mol. The van der Waals surface area contributed by atoms with Crippen LogP contribution in [0.15, 0.2) is 0 Å². The second-order valence-electron chi connectivity index (χ2n) is 8.00. The highest BCUT2D eigenvalue weighted by Crippen LogP contribution is 2.27. The number of unbranched alkanes of at least 4 members (excludes halogenated alkanes) is 1. The van der Waals surface area contributed by atoms with E-state index in [2.05, 4.69) is 31.1 Å². The van der Waals surface area contributed by atoms with Gasteiger partial charge in [0, 0.05) is 17.6 Å². The molecule has 0 aliphatic heterocycles. The largest absolute Gasteiger partial charge is 0.394 e. The molecule has 0 aromatic carbocycles. The number of hydrogen-bond donors (Lipinski definition) is 2. The molecule has 3 heteroatoms. The first-order valence-corrected chi connectivity index (χ1v) is 9.11. The zero-order chi connectivity index (χ0) is 15.3. The lowest BCUT2D eigenvalue weighted by Gasteiger charge is -2.34. The summed E-state index contributed by atoms with van der Waals surface area (Å²) in [5.74, 6) is 0.909. The Kier molecular flexibility index (Phi) is 6.51. The molecule has 0 amide bonds. The molecule has 3 unspecified atom stereocenters. The van der Waals surface area contributed by atoms with Crippen LogP contribution in [0, 0.1) is 5.92 Å².